The number of aromatic nitrogens is 1. The Labute approximate surface area is 118 Å². The van der Waals surface area contributed by atoms with Gasteiger partial charge >= 0.3 is 6.18 Å². The largest absolute Gasteiger partial charge is 0.418 e. The third-order valence-corrected chi connectivity index (χ3v) is 3.19. The van der Waals surface area contributed by atoms with E-state index < -0.39 is 11.7 Å². The zero-order chi connectivity index (χ0) is 15.1. The molecule has 0 spiro atoms. The first-order chi connectivity index (χ1) is 9.24. The van der Waals surface area contributed by atoms with Gasteiger partial charge in [-0.15, -0.1) is 0 Å². The molecule has 3 nitrogen and oxygen atoms in total. The van der Waals surface area contributed by atoms with E-state index in [1.807, 2.05) is 13.8 Å². The molecule has 1 heterocycles. The zero-order valence-corrected chi connectivity index (χ0v) is 11.6. The maximum atomic E-state index is 13.0. The summed E-state index contributed by atoms with van der Waals surface area (Å²) in [4.78, 5) is 4.01. The number of nitrogens with one attached hydrogen (secondary N) is 1. The number of halogens is 4. The third-order valence-electron chi connectivity index (χ3n) is 2.98. The number of anilines is 1. The summed E-state index contributed by atoms with van der Waals surface area (Å²) in [5.41, 5.74) is 2.05. The minimum Gasteiger partial charge on any atom is -0.308 e. The second-order valence-electron chi connectivity index (χ2n) is 4.75. The summed E-state index contributed by atoms with van der Waals surface area (Å²) in [6.07, 6.45) is -4.53. The van der Waals surface area contributed by atoms with Crippen LogP contribution in [0.2, 0.25) is 5.02 Å². The molecule has 7 heteroatoms. The fourth-order valence-corrected chi connectivity index (χ4v) is 2.27. The SMILES string of the molecule is CC(C)c1cc2cc(Cl)cc(C(F)(F)F)c2nc1NN. The van der Waals surface area contributed by atoms with E-state index in [0.29, 0.717) is 5.39 Å². The van der Waals surface area contributed by atoms with Crippen molar-refractivity contribution in [3.63, 3.8) is 0 Å². The number of fused-ring (bicyclic) bond motifs is 1. The van der Waals surface area contributed by atoms with Gasteiger partial charge in [-0.3, -0.25) is 0 Å². The number of nitrogens with two attached hydrogens (primary N) is 1. The Kier molecular flexibility index (Phi) is 3.80. The van der Waals surface area contributed by atoms with Gasteiger partial charge in [0, 0.05) is 10.4 Å². The molecule has 0 unspecified atom stereocenters. The van der Waals surface area contributed by atoms with Crippen molar-refractivity contribution in [2.45, 2.75) is 25.9 Å². The number of hydrogen-bond donors (Lipinski definition) is 2. The summed E-state index contributed by atoms with van der Waals surface area (Å²) in [5, 5.41) is 0.363. The highest BCUT2D eigenvalue weighted by Crippen LogP contribution is 2.38. The lowest BCUT2D eigenvalue weighted by Crippen LogP contribution is -2.13. The number of alkyl halides is 3. The second kappa shape index (κ2) is 5.10. The van der Waals surface area contributed by atoms with E-state index >= 15 is 0 Å². The molecule has 1 aromatic carbocycles. The van der Waals surface area contributed by atoms with Crippen LogP contribution in [0.4, 0.5) is 19.0 Å². The van der Waals surface area contributed by atoms with Crippen molar-refractivity contribution in [1.29, 1.82) is 0 Å². The summed E-state index contributed by atoms with van der Waals surface area (Å²) in [5.74, 6) is 5.65. The second-order valence-corrected chi connectivity index (χ2v) is 5.18. The van der Waals surface area contributed by atoms with Crippen molar-refractivity contribution in [3.8, 4) is 0 Å². The smallest absolute Gasteiger partial charge is 0.308 e. The standard InChI is InChI=1S/C13H13ClF3N3/c1-6(2)9-4-7-3-8(14)5-10(13(15,16)17)11(7)19-12(9)20-18/h3-6H,18H2,1-2H3,(H,19,20). The fourth-order valence-electron chi connectivity index (χ4n) is 2.04. The van der Waals surface area contributed by atoms with Gasteiger partial charge in [0.1, 0.15) is 5.82 Å². The molecule has 2 aromatic rings. The highest BCUT2D eigenvalue weighted by Gasteiger charge is 2.34. The lowest BCUT2D eigenvalue weighted by Gasteiger charge is -2.16. The highest BCUT2D eigenvalue weighted by molar-refractivity contribution is 6.31. The zero-order valence-electron chi connectivity index (χ0n) is 10.8. The number of benzene rings is 1. The van der Waals surface area contributed by atoms with Crippen molar-refractivity contribution in [2.24, 2.45) is 5.84 Å². The van der Waals surface area contributed by atoms with Crippen molar-refractivity contribution in [2.75, 3.05) is 5.43 Å². The van der Waals surface area contributed by atoms with E-state index in [2.05, 4.69) is 10.4 Å². The van der Waals surface area contributed by atoms with E-state index in [1.165, 1.54) is 6.07 Å². The predicted octanol–water partition coefficient (Wildman–Crippen LogP) is 4.32. The molecule has 2 rings (SSSR count). The molecular formula is C13H13ClF3N3. The first-order valence-corrected chi connectivity index (χ1v) is 6.30. The summed E-state index contributed by atoms with van der Waals surface area (Å²) in [6.45, 7) is 3.80. The topological polar surface area (TPSA) is 50.9 Å². The first kappa shape index (κ1) is 14.9. The van der Waals surface area contributed by atoms with Crippen LogP contribution in [-0.2, 0) is 6.18 Å². The van der Waals surface area contributed by atoms with Gasteiger partial charge in [-0.25, -0.2) is 10.8 Å². The quantitative estimate of drug-likeness (QED) is 0.642. The Morgan fingerprint density at radius 2 is 1.90 bits per heavy atom. The number of nitrogens with zero attached hydrogens (tertiary/aromatic N) is 1. The van der Waals surface area contributed by atoms with E-state index in [4.69, 9.17) is 17.4 Å². The van der Waals surface area contributed by atoms with Gasteiger partial charge in [0.2, 0.25) is 0 Å². The average molecular weight is 304 g/mol. The van der Waals surface area contributed by atoms with Crippen LogP contribution in [-0.4, -0.2) is 4.98 Å². The summed E-state index contributed by atoms with van der Waals surface area (Å²) < 4.78 is 39.1. The Balaban J connectivity index is 2.84. The van der Waals surface area contributed by atoms with Crippen molar-refractivity contribution in [1.82, 2.24) is 4.98 Å². The Bertz CT molecular complexity index is 653. The Morgan fingerprint density at radius 1 is 1.25 bits per heavy atom. The van der Waals surface area contributed by atoms with Gasteiger partial charge in [0.05, 0.1) is 11.1 Å². The van der Waals surface area contributed by atoms with Crippen LogP contribution >= 0.6 is 11.6 Å². The molecule has 20 heavy (non-hydrogen) atoms. The molecule has 0 amide bonds. The molecule has 0 saturated carbocycles. The highest BCUT2D eigenvalue weighted by atomic mass is 35.5. The van der Waals surface area contributed by atoms with Gasteiger partial charge < -0.3 is 5.43 Å². The summed E-state index contributed by atoms with van der Waals surface area (Å²) in [6, 6.07) is 3.96. The monoisotopic (exact) mass is 303 g/mol. The minimum absolute atomic E-state index is 0.0230. The van der Waals surface area contributed by atoms with Crippen molar-refractivity contribution < 1.29 is 13.2 Å². The van der Waals surface area contributed by atoms with E-state index in [0.717, 1.165) is 11.6 Å². The van der Waals surface area contributed by atoms with Crippen LogP contribution in [0, 0.1) is 0 Å². The van der Waals surface area contributed by atoms with E-state index in [-0.39, 0.29) is 22.3 Å². The molecule has 0 aliphatic carbocycles. The maximum Gasteiger partial charge on any atom is 0.418 e. The van der Waals surface area contributed by atoms with Gasteiger partial charge in [0.15, 0.2) is 0 Å². The van der Waals surface area contributed by atoms with Crippen LogP contribution in [0.25, 0.3) is 10.9 Å². The van der Waals surface area contributed by atoms with E-state index in [9.17, 15) is 13.2 Å². The van der Waals surface area contributed by atoms with Gasteiger partial charge in [-0.1, -0.05) is 25.4 Å². The lowest BCUT2D eigenvalue weighted by atomic mass is 10.0. The Morgan fingerprint density at radius 3 is 2.40 bits per heavy atom. The molecule has 108 valence electrons. The molecule has 3 N–H and O–H groups in total. The third kappa shape index (κ3) is 2.66. The number of rotatable bonds is 2. The molecule has 0 fully saturated rings. The van der Waals surface area contributed by atoms with Crippen molar-refractivity contribution in [3.05, 3.63) is 34.3 Å². The number of hydrogen-bond acceptors (Lipinski definition) is 3. The van der Waals surface area contributed by atoms with Crippen LogP contribution < -0.4 is 11.3 Å². The van der Waals surface area contributed by atoms with Gasteiger partial charge in [-0.2, -0.15) is 13.2 Å². The van der Waals surface area contributed by atoms with Crippen LogP contribution in [0.5, 0.6) is 0 Å². The predicted molar refractivity (Wildman–Crippen MR) is 73.7 cm³/mol. The van der Waals surface area contributed by atoms with Crippen LogP contribution in [0.15, 0.2) is 18.2 Å². The van der Waals surface area contributed by atoms with Crippen LogP contribution in [0.1, 0.15) is 30.9 Å². The van der Waals surface area contributed by atoms with Crippen molar-refractivity contribution >= 4 is 28.3 Å². The maximum absolute atomic E-state index is 13.0. The number of hydrazine groups is 1. The molecular weight excluding hydrogens is 291 g/mol. The summed E-state index contributed by atoms with van der Waals surface area (Å²) in [7, 11) is 0. The first-order valence-electron chi connectivity index (χ1n) is 5.92. The fraction of sp³-hybridized carbons (Fsp3) is 0.308. The summed E-state index contributed by atoms with van der Waals surface area (Å²) >= 11 is 5.77. The molecule has 0 aliphatic rings. The average Bonchev–Trinajstić information content (AvgIpc) is 2.34. The molecule has 0 saturated heterocycles. The molecule has 0 radical (unpaired) electrons. The molecule has 0 aliphatic heterocycles. The number of nitrogen functional groups attached to an aromatic ring is 1. The molecule has 1 aromatic heterocycles. The number of pyridine rings is 1. The van der Waals surface area contributed by atoms with Gasteiger partial charge in [0.25, 0.3) is 0 Å². The Hall–Kier alpha value is -1.53. The lowest BCUT2D eigenvalue weighted by molar-refractivity contribution is -0.136. The normalized spacial score (nSPS) is 12.2. The van der Waals surface area contributed by atoms with E-state index in [1.54, 1.807) is 6.07 Å². The molecule has 0 atom stereocenters. The van der Waals surface area contributed by atoms with Crippen LogP contribution in [0.3, 0.4) is 0 Å². The van der Waals surface area contributed by atoms with Gasteiger partial charge in [-0.05, 0) is 29.7 Å². The minimum atomic E-state index is -4.53. The molecule has 0 bridgehead atoms.